The van der Waals surface area contributed by atoms with E-state index in [0.717, 1.165) is 6.42 Å². The van der Waals surface area contributed by atoms with Crippen LogP contribution >= 0.6 is 0 Å². The van der Waals surface area contributed by atoms with Crippen molar-refractivity contribution in [1.29, 1.82) is 0 Å². The molecule has 0 aliphatic carbocycles. The third-order valence-electron chi connectivity index (χ3n) is 3.16. The molecule has 4 nitrogen and oxygen atoms in total. The van der Waals surface area contributed by atoms with Crippen LogP contribution in [-0.4, -0.2) is 27.2 Å². The Bertz CT molecular complexity index is 342. The molecule has 3 unspecified atom stereocenters. The first-order valence-corrected chi connectivity index (χ1v) is 5.26. The van der Waals surface area contributed by atoms with Crippen molar-refractivity contribution < 1.29 is 5.11 Å². The fourth-order valence-electron chi connectivity index (χ4n) is 2.50. The minimum Gasteiger partial charge on any atom is -0.382 e. The Morgan fingerprint density at radius 2 is 2.20 bits per heavy atom. The molecule has 2 fully saturated rings. The second-order valence-corrected chi connectivity index (χ2v) is 4.34. The molecule has 0 amide bonds. The molecule has 2 aliphatic heterocycles. The summed E-state index contributed by atoms with van der Waals surface area (Å²) in [4.78, 5) is 8.31. The first-order valence-electron chi connectivity index (χ1n) is 5.26. The molecule has 15 heavy (non-hydrogen) atoms. The summed E-state index contributed by atoms with van der Waals surface area (Å²) in [5.41, 5.74) is -0.870. The van der Waals surface area contributed by atoms with Crippen molar-refractivity contribution in [1.82, 2.24) is 15.3 Å². The van der Waals surface area contributed by atoms with Gasteiger partial charge in [-0.05, 0) is 25.3 Å². The van der Waals surface area contributed by atoms with Gasteiger partial charge in [0.2, 0.25) is 0 Å². The van der Waals surface area contributed by atoms with E-state index >= 15 is 0 Å². The Labute approximate surface area is 88.8 Å². The number of fused-ring (bicyclic) bond motifs is 2. The van der Waals surface area contributed by atoms with E-state index in [2.05, 4.69) is 21.7 Å². The van der Waals surface area contributed by atoms with Gasteiger partial charge in [0.05, 0.1) is 0 Å². The van der Waals surface area contributed by atoms with E-state index in [9.17, 15) is 5.11 Å². The average molecular weight is 203 g/mol. The van der Waals surface area contributed by atoms with Crippen molar-refractivity contribution in [2.75, 3.05) is 0 Å². The monoisotopic (exact) mass is 203 g/mol. The van der Waals surface area contributed by atoms with Gasteiger partial charge in [0.15, 0.2) is 5.82 Å². The van der Waals surface area contributed by atoms with Crippen molar-refractivity contribution in [3.63, 3.8) is 0 Å². The van der Waals surface area contributed by atoms with E-state index in [0.29, 0.717) is 24.7 Å². The van der Waals surface area contributed by atoms with Gasteiger partial charge in [0, 0.05) is 30.9 Å². The number of rotatable bonds is 1. The summed E-state index contributed by atoms with van der Waals surface area (Å²) in [6, 6.07) is 2.29. The molecule has 2 bridgehead atoms. The fourth-order valence-corrected chi connectivity index (χ4v) is 2.50. The third-order valence-corrected chi connectivity index (χ3v) is 3.16. The molecule has 2 radical (unpaired) electrons. The number of nitrogens with zero attached hydrogens (tertiary/aromatic N) is 2. The first kappa shape index (κ1) is 9.24. The van der Waals surface area contributed by atoms with Crippen LogP contribution in [0.2, 0.25) is 0 Å². The van der Waals surface area contributed by atoms with Crippen LogP contribution in [0, 0.1) is 6.42 Å². The number of piperidine rings is 1. The summed E-state index contributed by atoms with van der Waals surface area (Å²) in [5.74, 6) is 0.546. The third kappa shape index (κ3) is 1.54. The normalized spacial score (nSPS) is 39.3. The van der Waals surface area contributed by atoms with Gasteiger partial charge in [-0.2, -0.15) is 0 Å². The molecule has 3 rings (SSSR count). The van der Waals surface area contributed by atoms with Crippen LogP contribution < -0.4 is 5.32 Å². The molecule has 3 atom stereocenters. The van der Waals surface area contributed by atoms with Crippen LogP contribution in [0.3, 0.4) is 0 Å². The van der Waals surface area contributed by atoms with Crippen LogP contribution in [0.5, 0.6) is 0 Å². The van der Waals surface area contributed by atoms with Gasteiger partial charge < -0.3 is 10.4 Å². The Morgan fingerprint density at radius 3 is 2.93 bits per heavy atom. The number of hydrogen-bond donors (Lipinski definition) is 2. The van der Waals surface area contributed by atoms with Crippen LogP contribution in [0.25, 0.3) is 0 Å². The largest absolute Gasteiger partial charge is 0.382 e. The molecule has 4 heteroatoms. The highest BCUT2D eigenvalue weighted by Crippen LogP contribution is 2.38. The van der Waals surface area contributed by atoms with Crippen molar-refractivity contribution >= 4 is 0 Å². The predicted molar refractivity (Wildman–Crippen MR) is 53.7 cm³/mol. The molecular weight excluding hydrogens is 190 g/mol. The summed E-state index contributed by atoms with van der Waals surface area (Å²) >= 11 is 0. The summed E-state index contributed by atoms with van der Waals surface area (Å²) < 4.78 is 0. The average Bonchev–Trinajstić information content (AvgIpc) is 2.60. The minimum absolute atomic E-state index is 0.192. The zero-order chi connectivity index (χ0) is 10.3. The van der Waals surface area contributed by atoms with E-state index in [1.165, 1.54) is 0 Å². The Hall–Kier alpha value is -1.00. The van der Waals surface area contributed by atoms with Gasteiger partial charge in [-0.15, -0.1) is 0 Å². The second kappa shape index (κ2) is 3.25. The zero-order valence-corrected chi connectivity index (χ0v) is 8.35. The van der Waals surface area contributed by atoms with Crippen molar-refractivity contribution in [2.24, 2.45) is 0 Å². The van der Waals surface area contributed by atoms with Crippen molar-refractivity contribution in [3.8, 4) is 0 Å². The molecule has 0 spiro atoms. The molecule has 1 aromatic rings. The van der Waals surface area contributed by atoms with Crippen LogP contribution in [-0.2, 0) is 5.60 Å². The van der Waals surface area contributed by atoms with Gasteiger partial charge in [-0.25, -0.2) is 9.97 Å². The van der Waals surface area contributed by atoms with Gasteiger partial charge in [-0.1, -0.05) is 0 Å². The summed E-state index contributed by atoms with van der Waals surface area (Å²) in [5, 5.41) is 13.9. The van der Waals surface area contributed by atoms with E-state index in [1.54, 1.807) is 18.5 Å². The lowest BCUT2D eigenvalue weighted by molar-refractivity contribution is -0.0180. The first-order chi connectivity index (χ1) is 7.26. The molecule has 2 N–H and O–H groups in total. The summed E-state index contributed by atoms with van der Waals surface area (Å²) in [7, 11) is 0. The second-order valence-electron chi connectivity index (χ2n) is 4.34. The topological polar surface area (TPSA) is 58.0 Å². The molecule has 78 valence electrons. The summed E-state index contributed by atoms with van der Waals surface area (Å²) in [6.45, 7) is 0. The fraction of sp³-hybridized carbons (Fsp3) is 0.545. The molecule has 2 aliphatic rings. The Morgan fingerprint density at radius 1 is 1.40 bits per heavy atom. The molecule has 2 saturated heterocycles. The highest BCUT2D eigenvalue weighted by atomic mass is 16.3. The Kier molecular flexibility index (Phi) is 2.00. The highest BCUT2D eigenvalue weighted by Gasteiger charge is 2.45. The number of nitrogens with one attached hydrogen (secondary N) is 1. The van der Waals surface area contributed by atoms with Crippen molar-refractivity contribution in [3.05, 3.63) is 30.7 Å². The SMILES string of the molecule is OC1(c2ncccn2)CC2[C]CC(C1)N2. The smallest absolute Gasteiger partial charge is 0.160 e. The van der Waals surface area contributed by atoms with Crippen LogP contribution in [0.15, 0.2) is 18.5 Å². The van der Waals surface area contributed by atoms with E-state index in [4.69, 9.17) is 0 Å². The van der Waals surface area contributed by atoms with E-state index in [-0.39, 0.29) is 6.04 Å². The standard InChI is InChI=1S/C11H13N3O/c15-11(10-12-4-1-5-13-10)6-8-2-3-9(7-11)14-8/h1,4-5,8-9,14-15H,2,6-7H2. The summed E-state index contributed by atoms with van der Waals surface area (Å²) in [6.07, 6.45) is 8.90. The quantitative estimate of drug-likeness (QED) is 0.688. The number of aromatic nitrogens is 2. The van der Waals surface area contributed by atoms with Crippen LogP contribution in [0.1, 0.15) is 25.1 Å². The lowest BCUT2D eigenvalue weighted by Crippen LogP contribution is -2.47. The van der Waals surface area contributed by atoms with Gasteiger partial charge in [0.25, 0.3) is 0 Å². The molecule has 1 aromatic heterocycles. The highest BCUT2D eigenvalue weighted by molar-refractivity contribution is 5.13. The minimum atomic E-state index is -0.870. The predicted octanol–water partition coefficient (Wildman–Crippen LogP) is 0.270. The van der Waals surface area contributed by atoms with Gasteiger partial charge in [-0.3, -0.25) is 0 Å². The maximum absolute atomic E-state index is 10.5. The maximum atomic E-state index is 10.5. The lowest BCUT2D eigenvalue weighted by atomic mass is 9.87. The molecular formula is C11H13N3O. The number of aliphatic hydroxyl groups is 1. The van der Waals surface area contributed by atoms with E-state index < -0.39 is 5.60 Å². The van der Waals surface area contributed by atoms with Gasteiger partial charge in [0.1, 0.15) is 5.60 Å². The van der Waals surface area contributed by atoms with Crippen molar-refractivity contribution in [2.45, 2.75) is 36.9 Å². The number of hydrogen-bond acceptors (Lipinski definition) is 4. The van der Waals surface area contributed by atoms with E-state index in [1.807, 2.05) is 0 Å². The lowest BCUT2D eigenvalue weighted by Gasteiger charge is -2.35. The van der Waals surface area contributed by atoms with Crippen LogP contribution in [0.4, 0.5) is 0 Å². The Balaban J connectivity index is 1.91. The maximum Gasteiger partial charge on any atom is 0.160 e. The molecule has 3 heterocycles. The zero-order valence-electron chi connectivity index (χ0n) is 8.35. The molecule has 0 aromatic carbocycles. The van der Waals surface area contributed by atoms with Gasteiger partial charge >= 0.3 is 0 Å². The molecule has 0 saturated carbocycles.